The molecule has 0 heterocycles. The molecule has 7 heteroatoms. The van der Waals surface area contributed by atoms with E-state index in [-0.39, 0.29) is 50.8 Å². The second-order valence-corrected chi connectivity index (χ2v) is 15.1. The molecule has 0 bridgehead atoms. The summed E-state index contributed by atoms with van der Waals surface area (Å²) in [5.74, 6) is -1.91. The van der Waals surface area contributed by atoms with Crippen molar-refractivity contribution < 1.29 is 19.8 Å². The Balaban J connectivity index is -0.000000966. The first-order valence-corrected chi connectivity index (χ1v) is 22.8. The summed E-state index contributed by atoms with van der Waals surface area (Å²) >= 11 is 0. The van der Waals surface area contributed by atoms with Crippen LogP contribution >= 0.6 is 0 Å². The van der Waals surface area contributed by atoms with E-state index >= 15 is 0 Å². The number of carboxylic acids is 2. The van der Waals surface area contributed by atoms with Gasteiger partial charge >= 0.3 is 37.7 Å². The summed E-state index contributed by atoms with van der Waals surface area (Å²) < 4.78 is 0. The van der Waals surface area contributed by atoms with E-state index in [1.807, 2.05) is 9.80 Å². The molecule has 0 saturated heterocycles. The third-order valence-electron chi connectivity index (χ3n) is 9.65. The maximum absolute atomic E-state index is 11.0. The van der Waals surface area contributed by atoms with Gasteiger partial charge < -0.3 is 19.8 Å². The zero-order valence-corrected chi connectivity index (χ0v) is 39.1. The Bertz CT molecular complexity index is 776. The van der Waals surface area contributed by atoms with Gasteiger partial charge in [-0.1, -0.05) is 128 Å². The van der Waals surface area contributed by atoms with E-state index in [2.05, 4.69) is 76.3 Å². The molecule has 0 aromatic carbocycles. The third kappa shape index (κ3) is 53.1. The van der Waals surface area contributed by atoms with Gasteiger partial charge in [-0.15, -0.1) is 0 Å². The molecule has 0 unspecified atom stereocenters. The maximum Gasteiger partial charge on any atom is 2.00 e. The molecule has 0 saturated carbocycles. The molecule has 0 aromatic heterocycles. The van der Waals surface area contributed by atoms with Crippen LogP contribution in [0.1, 0.15) is 207 Å². The van der Waals surface area contributed by atoms with E-state index < -0.39 is 11.9 Å². The normalized spacial score (nSPS) is 11.7. The molecule has 0 fully saturated rings. The largest absolute Gasteiger partial charge is 2.00 e. The van der Waals surface area contributed by atoms with Gasteiger partial charge in [-0.3, -0.25) is 9.80 Å². The molecule has 0 radical (unpaired) electrons. The number of hydrogen-bond acceptors (Lipinski definition) is 6. The number of nitrogens with zero attached hydrogens (tertiary/aromatic N) is 2. The molecule has 0 aromatic rings. The second-order valence-electron chi connectivity index (χ2n) is 15.1. The number of hydrogen-bond donors (Lipinski definition) is 0. The quantitative estimate of drug-likeness (QED) is 0.0349. The van der Waals surface area contributed by atoms with Crippen molar-refractivity contribution in [3.8, 4) is 0 Å². The molecule has 0 N–H and O–H groups in total. The van der Waals surface area contributed by atoms with Crippen LogP contribution in [-0.4, -0.2) is 98.7 Å². The predicted octanol–water partition coefficient (Wildman–Crippen LogP) is 10.9. The topological polar surface area (TPSA) is 86.7 Å². The Morgan fingerprint density at radius 1 is 0.345 bits per heavy atom. The predicted molar refractivity (Wildman–Crippen MR) is 237 cm³/mol. The van der Waals surface area contributed by atoms with Crippen LogP contribution in [0.2, 0.25) is 0 Å². The second kappa shape index (κ2) is 51.1. The van der Waals surface area contributed by atoms with Gasteiger partial charge in [0, 0.05) is 13.1 Å². The standard InChI is InChI=1S/2C24H45NO2.Ca/c2*1-3-5-7-9-11-13-15-17-19-21-25(23-24(26)27)22-20-18-16-14-12-10-8-6-4-2;/h2*11-14H,3-10,15-23H2,1-2H3,(H,26,27);/q;;+2/p-2/b2*13-11+,14-12+;. The van der Waals surface area contributed by atoms with Crippen molar-refractivity contribution in [3.05, 3.63) is 48.6 Å². The molecule has 0 rings (SSSR count). The molecule has 0 aliphatic carbocycles. The molecule has 0 atom stereocenters. The monoisotopic (exact) mass is 797 g/mol. The smallest absolute Gasteiger partial charge is 0.549 e. The van der Waals surface area contributed by atoms with Crippen molar-refractivity contribution >= 4 is 49.7 Å². The summed E-state index contributed by atoms with van der Waals surface area (Å²) in [4.78, 5) is 26.0. The molecule has 0 amide bonds. The van der Waals surface area contributed by atoms with Crippen LogP contribution in [0.4, 0.5) is 0 Å². The molecular weight excluding hydrogens is 709 g/mol. The minimum atomic E-state index is -0.957. The molecule has 0 spiro atoms. The van der Waals surface area contributed by atoms with Gasteiger partial charge in [0.15, 0.2) is 0 Å². The first kappa shape index (κ1) is 58.4. The fraction of sp³-hybridized carbons (Fsp3) is 0.792. The van der Waals surface area contributed by atoms with Gasteiger partial charge in [-0.2, -0.15) is 0 Å². The minimum absolute atomic E-state index is 0. The molecule has 316 valence electrons. The summed E-state index contributed by atoms with van der Waals surface area (Å²) in [6.45, 7) is 12.5. The number of unbranched alkanes of at least 4 members (excludes halogenated alkanes) is 20. The molecular formula is C48H88CaN2O4. The molecule has 0 aliphatic rings. The van der Waals surface area contributed by atoms with E-state index in [0.29, 0.717) is 0 Å². The third-order valence-corrected chi connectivity index (χ3v) is 9.65. The van der Waals surface area contributed by atoms with E-state index in [4.69, 9.17) is 0 Å². The fourth-order valence-electron chi connectivity index (χ4n) is 6.29. The van der Waals surface area contributed by atoms with Gasteiger partial charge in [0.05, 0.1) is 11.9 Å². The van der Waals surface area contributed by atoms with Gasteiger partial charge in [-0.25, -0.2) is 0 Å². The number of aliphatic carboxylic acids is 2. The van der Waals surface area contributed by atoms with E-state index in [1.165, 1.54) is 103 Å². The van der Waals surface area contributed by atoms with Crippen molar-refractivity contribution in [3.63, 3.8) is 0 Å². The van der Waals surface area contributed by atoms with E-state index in [1.54, 1.807) is 0 Å². The van der Waals surface area contributed by atoms with Gasteiger partial charge in [0.1, 0.15) is 0 Å². The van der Waals surface area contributed by atoms with Crippen LogP contribution < -0.4 is 10.2 Å². The van der Waals surface area contributed by atoms with Crippen molar-refractivity contribution in [1.29, 1.82) is 0 Å². The average Bonchev–Trinajstić information content (AvgIpc) is 3.14. The van der Waals surface area contributed by atoms with Gasteiger partial charge in [0.2, 0.25) is 0 Å². The number of allylic oxidation sites excluding steroid dienone is 8. The SMILES string of the molecule is CCCCC/C=C/CCCCN(CCCC/C=C/CCCCC)CC(=O)[O-].CCCCC/C=C/CCCCN(CCCC/C=C/CCCCC)CC(=O)[O-].[Ca+2]. The zero-order valence-electron chi connectivity index (χ0n) is 36.9. The van der Waals surface area contributed by atoms with Gasteiger partial charge in [0.25, 0.3) is 0 Å². The Kier molecular flexibility index (Phi) is 54.3. The number of carbonyl (C=O) groups excluding carboxylic acids is 2. The van der Waals surface area contributed by atoms with Crippen LogP contribution in [0.5, 0.6) is 0 Å². The first-order valence-electron chi connectivity index (χ1n) is 22.8. The molecule has 0 aliphatic heterocycles. The Labute approximate surface area is 372 Å². The van der Waals surface area contributed by atoms with Crippen LogP contribution in [0.25, 0.3) is 0 Å². The van der Waals surface area contributed by atoms with E-state index in [9.17, 15) is 19.8 Å². The van der Waals surface area contributed by atoms with Crippen LogP contribution in [0, 0.1) is 0 Å². The number of carbonyl (C=O) groups is 2. The van der Waals surface area contributed by atoms with Crippen molar-refractivity contribution in [2.75, 3.05) is 39.3 Å². The Morgan fingerprint density at radius 2 is 0.527 bits per heavy atom. The van der Waals surface area contributed by atoms with Gasteiger partial charge in [-0.05, 0) is 155 Å². The zero-order chi connectivity index (χ0) is 40.0. The van der Waals surface area contributed by atoms with E-state index in [0.717, 1.165) is 103 Å². The number of rotatable bonds is 40. The summed E-state index contributed by atoms with van der Waals surface area (Å²) in [6.07, 6.45) is 51.8. The summed E-state index contributed by atoms with van der Waals surface area (Å²) in [5, 5.41) is 21.9. The van der Waals surface area contributed by atoms with Crippen molar-refractivity contribution in [1.82, 2.24) is 9.80 Å². The summed E-state index contributed by atoms with van der Waals surface area (Å²) in [7, 11) is 0. The van der Waals surface area contributed by atoms with Crippen LogP contribution in [-0.2, 0) is 9.59 Å². The molecule has 55 heavy (non-hydrogen) atoms. The number of carboxylic acid groups (broad SMARTS) is 2. The average molecular weight is 797 g/mol. The summed E-state index contributed by atoms with van der Waals surface area (Å²) in [5.41, 5.74) is 0. The van der Waals surface area contributed by atoms with Crippen molar-refractivity contribution in [2.45, 2.75) is 207 Å². The fourth-order valence-corrected chi connectivity index (χ4v) is 6.29. The first-order chi connectivity index (χ1) is 26.4. The minimum Gasteiger partial charge on any atom is -0.549 e. The Morgan fingerprint density at radius 3 is 0.691 bits per heavy atom. The van der Waals surface area contributed by atoms with Crippen LogP contribution in [0.15, 0.2) is 48.6 Å². The molecule has 6 nitrogen and oxygen atoms in total. The maximum atomic E-state index is 11.0. The van der Waals surface area contributed by atoms with Crippen LogP contribution in [0.3, 0.4) is 0 Å². The van der Waals surface area contributed by atoms with Crippen molar-refractivity contribution in [2.24, 2.45) is 0 Å². The summed E-state index contributed by atoms with van der Waals surface area (Å²) in [6, 6.07) is 0. The Hall–Kier alpha value is -0.920.